The molecule has 0 unspecified atom stereocenters. The standard InChI is InChI=1S/C13H19N3O2/c14-11-2-1-10(9-12(11)15)16-5-3-13(4-6-16)17-7-8-18-13/h1-2,9H,3-8,14-15H2. The molecule has 0 aromatic heterocycles. The molecule has 5 heteroatoms. The van der Waals surface area contributed by atoms with Gasteiger partial charge >= 0.3 is 0 Å². The molecule has 1 aromatic rings. The molecule has 2 heterocycles. The molecule has 1 aromatic carbocycles. The summed E-state index contributed by atoms with van der Waals surface area (Å²) in [5, 5.41) is 0. The third-order valence-corrected chi connectivity index (χ3v) is 3.77. The van der Waals surface area contributed by atoms with Gasteiger partial charge in [-0.15, -0.1) is 0 Å². The lowest BCUT2D eigenvalue weighted by molar-refractivity contribution is -0.169. The second-order valence-corrected chi connectivity index (χ2v) is 4.91. The molecule has 4 N–H and O–H groups in total. The Bertz CT molecular complexity index is 434. The first kappa shape index (κ1) is 11.6. The van der Waals surface area contributed by atoms with Gasteiger partial charge in [-0.25, -0.2) is 0 Å². The summed E-state index contributed by atoms with van der Waals surface area (Å²) in [7, 11) is 0. The van der Waals surface area contributed by atoms with Crippen LogP contribution in [0, 0.1) is 0 Å². The van der Waals surface area contributed by atoms with Crippen molar-refractivity contribution in [2.45, 2.75) is 18.6 Å². The van der Waals surface area contributed by atoms with Crippen LogP contribution in [-0.4, -0.2) is 32.1 Å². The summed E-state index contributed by atoms with van der Waals surface area (Å²) in [5.41, 5.74) is 14.0. The number of piperidine rings is 1. The zero-order chi connectivity index (χ0) is 12.6. The molecule has 2 aliphatic rings. The van der Waals surface area contributed by atoms with Crippen LogP contribution in [0.15, 0.2) is 18.2 Å². The molecule has 18 heavy (non-hydrogen) atoms. The molecular weight excluding hydrogens is 230 g/mol. The van der Waals surface area contributed by atoms with Gasteiger partial charge in [-0.1, -0.05) is 0 Å². The predicted octanol–water partition coefficient (Wildman–Crippen LogP) is 1.19. The van der Waals surface area contributed by atoms with Gasteiger partial charge < -0.3 is 25.8 Å². The lowest BCUT2D eigenvalue weighted by Gasteiger charge is -2.38. The molecule has 98 valence electrons. The van der Waals surface area contributed by atoms with E-state index in [0.29, 0.717) is 11.4 Å². The quantitative estimate of drug-likeness (QED) is 0.731. The van der Waals surface area contributed by atoms with Crippen molar-refractivity contribution in [2.24, 2.45) is 0 Å². The normalized spacial score (nSPS) is 22.6. The van der Waals surface area contributed by atoms with Crippen LogP contribution >= 0.6 is 0 Å². The van der Waals surface area contributed by atoms with Crippen molar-refractivity contribution in [2.75, 3.05) is 42.7 Å². The molecular formula is C13H19N3O2. The first-order valence-corrected chi connectivity index (χ1v) is 6.36. The number of hydrogen-bond acceptors (Lipinski definition) is 5. The average molecular weight is 249 g/mol. The molecule has 0 bridgehead atoms. The Morgan fingerprint density at radius 1 is 1.00 bits per heavy atom. The van der Waals surface area contributed by atoms with Gasteiger partial charge in [-0.2, -0.15) is 0 Å². The lowest BCUT2D eigenvalue weighted by atomic mass is 10.0. The number of benzene rings is 1. The summed E-state index contributed by atoms with van der Waals surface area (Å²) in [6, 6.07) is 5.81. The summed E-state index contributed by atoms with van der Waals surface area (Å²) in [6.45, 7) is 3.27. The predicted molar refractivity (Wildman–Crippen MR) is 71.3 cm³/mol. The molecule has 5 nitrogen and oxygen atoms in total. The maximum atomic E-state index is 5.84. The summed E-state index contributed by atoms with van der Waals surface area (Å²) >= 11 is 0. The monoisotopic (exact) mass is 249 g/mol. The van der Waals surface area contributed by atoms with Crippen LogP contribution in [0.1, 0.15) is 12.8 Å². The van der Waals surface area contributed by atoms with Gasteiger partial charge in [0, 0.05) is 31.6 Å². The summed E-state index contributed by atoms with van der Waals surface area (Å²) < 4.78 is 11.4. The molecule has 2 saturated heterocycles. The van der Waals surface area contributed by atoms with Gasteiger partial charge in [-0.3, -0.25) is 0 Å². The average Bonchev–Trinajstić information content (AvgIpc) is 2.82. The fourth-order valence-electron chi connectivity index (χ4n) is 2.65. The van der Waals surface area contributed by atoms with Crippen LogP contribution in [0.5, 0.6) is 0 Å². The third kappa shape index (κ3) is 2.00. The minimum Gasteiger partial charge on any atom is -0.397 e. The van der Waals surface area contributed by atoms with Gasteiger partial charge in [0.1, 0.15) is 0 Å². The molecule has 0 radical (unpaired) electrons. The number of hydrogen-bond donors (Lipinski definition) is 2. The van der Waals surface area contributed by atoms with Gasteiger partial charge in [0.25, 0.3) is 0 Å². The molecule has 0 aliphatic carbocycles. The first-order valence-electron chi connectivity index (χ1n) is 6.36. The highest BCUT2D eigenvalue weighted by molar-refractivity contribution is 5.69. The molecule has 0 saturated carbocycles. The van der Waals surface area contributed by atoms with Crippen LogP contribution in [0.3, 0.4) is 0 Å². The summed E-state index contributed by atoms with van der Waals surface area (Å²) in [6.07, 6.45) is 1.80. The zero-order valence-electron chi connectivity index (χ0n) is 10.4. The number of anilines is 3. The maximum absolute atomic E-state index is 5.84. The van der Waals surface area contributed by atoms with E-state index in [1.165, 1.54) is 0 Å². The van der Waals surface area contributed by atoms with E-state index in [0.717, 1.165) is 44.8 Å². The van der Waals surface area contributed by atoms with Crippen LogP contribution in [0.4, 0.5) is 17.1 Å². The third-order valence-electron chi connectivity index (χ3n) is 3.77. The Kier molecular flexibility index (Phi) is 2.80. The van der Waals surface area contributed by atoms with Crippen molar-refractivity contribution in [1.82, 2.24) is 0 Å². The van der Waals surface area contributed by atoms with Crippen LogP contribution in [-0.2, 0) is 9.47 Å². The van der Waals surface area contributed by atoms with E-state index in [1.54, 1.807) is 0 Å². The fourth-order valence-corrected chi connectivity index (χ4v) is 2.65. The lowest BCUT2D eigenvalue weighted by Crippen LogP contribution is -2.45. The van der Waals surface area contributed by atoms with Gasteiger partial charge in [0.15, 0.2) is 5.79 Å². The Hall–Kier alpha value is -1.46. The van der Waals surface area contributed by atoms with Gasteiger partial charge in [0.05, 0.1) is 24.6 Å². The number of nitrogens with zero attached hydrogens (tertiary/aromatic N) is 1. The van der Waals surface area contributed by atoms with Crippen LogP contribution < -0.4 is 16.4 Å². The minimum atomic E-state index is -0.324. The van der Waals surface area contributed by atoms with E-state index >= 15 is 0 Å². The molecule has 0 atom stereocenters. The fraction of sp³-hybridized carbons (Fsp3) is 0.538. The van der Waals surface area contributed by atoms with E-state index in [4.69, 9.17) is 20.9 Å². The summed E-state index contributed by atoms with van der Waals surface area (Å²) in [4.78, 5) is 2.30. The van der Waals surface area contributed by atoms with Crippen molar-refractivity contribution < 1.29 is 9.47 Å². The molecule has 0 amide bonds. The Morgan fingerprint density at radius 2 is 1.67 bits per heavy atom. The number of rotatable bonds is 1. The van der Waals surface area contributed by atoms with Crippen molar-refractivity contribution in [3.05, 3.63) is 18.2 Å². The smallest absolute Gasteiger partial charge is 0.171 e. The largest absolute Gasteiger partial charge is 0.397 e. The van der Waals surface area contributed by atoms with Crippen molar-refractivity contribution in [1.29, 1.82) is 0 Å². The minimum absolute atomic E-state index is 0.324. The molecule has 2 fully saturated rings. The van der Waals surface area contributed by atoms with E-state index in [9.17, 15) is 0 Å². The van der Waals surface area contributed by atoms with Crippen LogP contribution in [0.25, 0.3) is 0 Å². The Morgan fingerprint density at radius 3 is 2.28 bits per heavy atom. The highest BCUT2D eigenvalue weighted by atomic mass is 16.7. The zero-order valence-corrected chi connectivity index (χ0v) is 10.4. The van der Waals surface area contributed by atoms with Crippen molar-refractivity contribution in [3.63, 3.8) is 0 Å². The van der Waals surface area contributed by atoms with E-state index < -0.39 is 0 Å². The van der Waals surface area contributed by atoms with E-state index in [-0.39, 0.29) is 5.79 Å². The van der Waals surface area contributed by atoms with Crippen LogP contribution in [0.2, 0.25) is 0 Å². The second kappa shape index (κ2) is 4.33. The number of ether oxygens (including phenoxy) is 2. The molecule has 2 aliphatic heterocycles. The Labute approximate surface area is 107 Å². The molecule has 1 spiro atoms. The number of nitrogen functional groups attached to an aromatic ring is 2. The van der Waals surface area contributed by atoms with E-state index in [1.807, 2.05) is 18.2 Å². The van der Waals surface area contributed by atoms with Gasteiger partial charge in [-0.05, 0) is 18.2 Å². The SMILES string of the molecule is Nc1ccc(N2CCC3(CC2)OCCO3)cc1N. The topological polar surface area (TPSA) is 73.7 Å². The summed E-state index contributed by atoms with van der Waals surface area (Å²) in [5.74, 6) is -0.324. The first-order chi connectivity index (χ1) is 8.69. The second-order valence-electron chi connectivity index (χ2n) is 4.91. The number of nitrogens with two attached hydrogens (primary N) is 2. The maximum Gasteiger partial charge on any atom is 0.171 e. The highest BCUT2D eigenvalue weighted by Crippen LogP contribution is 2.34. The molecule has 3 rings (SSSR count). The van der Waals surface area contributed by atoms with E-state index in [2.05, 4.69) is 4.90 Å². The highest BCUT2D eigenvalue weighted by Gasteiger charge is 2.39. The van der Waals surface area contributed by atoms with Crippen molar-refractivity contribution >= 4 is 17.1 Å². The van der Waals surface area contributed by atoms with Crippen molar-refractivity contribution in [3.8, 4) is 0 Å². The Balaban J connectivity index is 1.70. The van der Waals surface area contributed by atoms with Gasteiger partial charge in [0.2, 0.25) is 0 Å².